The van der Waals surface area contributed by atoms with Crippen molar-refractivity contribution in [3.63, 3.8) is 0 Å². The lowest BCUT2D eigenvalue weighted by Gasteiger charge is -2.35. The maximum atomic E-state index is 11.0. The third-order valence-corrected chi connectivity index (χ3v) is 4.82. The van der Waals surface area contributed by atoms with E-state index in [1.807, 2.05) is 12.1 Å². The highest BCUT2D eigenvalue weighted by atomic mass is 16.4. The fraction of sp³-hybridized carbons (Fsp3) is 0.444. The monoisotopic (exact) mass is 298 g/mol. The van der Waals surface area contributed by atoms with Crippen LogP contribution in [-0.2, 0) is 0 Å². The normalized spacial score (nSPS) is 18.3. The molecule has 0 bridgehead atoms. The van der Waals surface area contributed by atoms with Crippen LogP contribution in [-0.4, -0.2) is 21.3 Å². The summed E-state index contributed by atoms with van der Waals surface area (Å²) in [5.41, 5.74) is 3.64. The van der Waals surface area contributed by atoms with Gasteiger partial charge in [-0.25, -0.2) is 4.79 Å². The Morgan fingerprint density at radius 2 is 1.95 bits per heavy atom. The predicted octanol–water partition coefficient (Wildman–Crippen LogP) is 4.46. The summed E-state index contributed by atoms with van der Waals surface area (Å²) in [7, 11) is 0. The van der Waals surface area contributed by atoms with Crippen LogP contribution in [0.5, 0.6) is 0 Å². The molecule has 1 heterocycles. The second kappa shape index (κ2) is 5.59. The number of rotatable bonds is 3. The highest BCUT2D eigenvalue weighted by Gasteiger charge is 2.29. The van der Waals surface area contributed by atoms with Crippen LogP contribution in [0.25, 0.3) is 11.3 Å². The maximum absolute atomic E-state index is 11.0. The van der Waals surface area contributed by atoms with E-state index < -0.39 is 5.97 Å². The Morgan fingerprint density at radius 3 is 2.59 bits per heavy atom. The molecule has 1 aromatic heterocycles. The number of carboxylic acid groups (broad SMARTS) is 1. The quantitative estimate of drug-likeness (QED) is 0.879. The molecule has 22 heavy (non-hydrogen) atoms. The van der Waals surface area contributed by atoms with Gasteiger partial charge in [0.2, 0.25) is 0 Å². The number of carboxylic acids is 1. The standard InChI is InChI=1S/C18H22N2O2/c1-18(2)9-7-12(8-10-18)13-5-3-4-6-14(13)15-11-16(17(21)22)20-19-15/h3-6,11-12H,7-10H2,1-2H3,(H,19,20)(H,21,22). The number of hydrogen-bond acceptors (Lipinski definition) is 2. The number of H-pyrrole nitrogens is 1. The molecule has 1 aliphatic rings. The summed E-state index contributed by atoms with van der Waals surface area (Å²) >= 11 is 0. The molecule has 0 saturated heterocycles. The summed E-state index contributed by atoms with van der Waals surface area (Å²) < 4.78 is 0. The molecule has 4 nitrogen and oxygen atoms in total. The van der Waals surface area contributed by atoms with E-state index in [0.717, 1.165) is 11.3 Å². The Morgan fingerprint density at radius 1 is 1.27 bits per heavy atom. The lowest BCUT2D eigenvalue weighted by atomic mass is 9.70. The number of nitrogens with zero attached hydrogens (tertiary/aromatic N) is 1. The van der Waals surface area contributed by atoms with Crippen molar-refractivity contribution in [2.75, 3.05) is 0 Å². The summed E-state index contributed by atoms with van der Waals surface area (Å²) in [4.78, 5) is 11.0. The molecule has 1 aromatic carbocycles. The largest absolute Gasteiger partial charge is 0.477 e. The van der Waals surface area contributed by atoms with Crippen LogP contribution in [0.2, 0.25) is 0 Å². The number of aromatic amines is 1. The van der Waals surface area contributed by atoms with E-state index in [9.17, 15) is 4.79 Å². The molecule has 0 spiro atoms. The molecule has 0 radical (unpaired) electrons. The first-order valence-electron chi connectivity index (χ1n) is 7.84. The minimum Gasteiger partial charge on any atom is -0.477 e. The molecule has 1 fully saturated rings. The number of hydrogen-bond donors (Lipinski definition) is 2. The summed E-state index contributed by atoms with van der Waals surface area (Å²) in [6, 6.07) is 9.86. The minimum atomic E-state index is -0.976. The Hall–Kier alpha value is -2.10. The van der Waals surface area contributed by atoms with Crippen molar-refractivity contribution in [1.29, 1.82) is 0 Å². The molecule has 2 N–H and O–H groups in total. The summed E-state index contributed by atoms with van der Waals surface area (Å²) in [6.45, 7) is 4.67. The van der Waals surface area contributed by atoms with Crippen molar-refractivity contribution >= 4 is 5.97 Å². The molecule has 1 saturated carbocycles. The maximum Gasteiger partial charge on any atom is 0.353 e. The Balaban J connectivity index is 1.91. The fourth-order valence-electron chi connectivity index (χ4n) is 3.37. The summed E-state index contributed by atoms with van der Waals surface area (Å²) in [6.07, 6.45) is 4.82. The lowest BCUT2D eigenvalue weighted by Crippen LogP contribution is -2.20. The van der Waals surface area contributed by atoms with Gasteiger partial charge >= 0.3 is 5.97 Å². The van der Waals surface area contributed by atoms with Gasteiger partial charge in [0, 0.05) is 5.56 Å². The highest BCUT2D eigenvalue weighted by Crippen LogP contribution is 2.44. The summed E-state index contributed by atoms with van der Waals surface area (Å²) in [5, 5.41) is 15.8. The molecule has 1 aliphatic carbocycles. The molecular weight excluding hydrogens is 276 g/mol. The van der Waals surface area contributed by atoms with E-state index in [1.165, 1.54) is 31.2 Å². The molecule has 116 valence electrons. The van der Waals surface area contributed by atoms with Gasteiger partial charge in [0.05, 0.1) is 5.69 Å². The SMILES string of the molecule is CC1(C)CCC(c2ccccc2-c2cc(C(=O)O)[nH]n2)CC1. The molecule has 3 rings (SSSR count). The van der Waals surface area contributed by atoms with E-state index in [4.69, 9.17) is 5.11 Å². The zero-order chi connectivity index (χ0) is 15.7. The van der Waals surface area contributed by atoms with E-state index in [1.54, 1.807) is 6.07 Å². The number of benzene rings is 1. The average molecular weight is 298 g/mol. The van der Waals surface area contributed by atoms with Crippen LogP contribution in [0.4, 0.5) is 0 Å². The van der Waals surface area contributed by atoms with E-state index >= 15 is 0 Å². The molecule has 4 heteroatoms. The lowest BCUT2D eigenvalue weighted by molar-refractivity contribution is 0.0690. The molecule has 0 unspecified atom stereocenters. The van der Waals surface area contributed by atoms with Crippen molar-refractivity contribution in [3.05, 3.63) is 41.6 Å². The molecule has 0 amide bonds. The number of aromatic carboxylic acids is 1. The number of carbonyl (C=O) groups is 1. The van der Waals surface area contributed by atoms with Crippen molar-refractivity contribution in [2.45, 2.75) is 45.4 Å². The topological polar surface area (TPSA) is 66.0 Å². The van der Waals surface area contributed by atoms with E-state index in [0.29, 0.717) is 11.3 Å². The van der Waals surface area contributed by atoms with Crippen LogP contribution in [0.15, 0.2) is 30.3 Å². The fourth-order valence-corrected chi connectivity index (χ4v) is 3.37. The van der Waals surface area contributed by atoms with Gasteiger partial charge in [-0.1, -0.05) is 38.1 Å². The molecule has 2 aromatic rings. The van der Waals surface area contributed by atoms with Crippen molar-refractivity contribution in [2.24, 2.45) is 5.41 Å². The highest BCUT2D eigenvalue weighted by molar-refractivity contribution is 5.87. The minimum absolute atomic E-state index is 0.134. The number of nitrogens with one attached hydrogen (secondary N) is 1. The van der Waals surface area contributed by atoms with Crippen molar-refractivity contribution < 1.29 is 9.90 Å². The van der Waals surface area contributed by atoms with Gasteiger partial charge in [0.15, 0.2) is 0 Å². The van der Waals surface area contributed by atoms with Gasteiger partial charge in [0.25, 0.3) is 0 Å². The first-order valence-corrected chi connectivity index (χ1v) is 7.84. The van der Waals surface area contributed by atoms with Crippen molar-refractivity contribution in [1.82, 2.24) is 10.2 Å². The number of aromatic nitrogens is 2. The van der Waals surface area contributed by atoms with E-state index in [2.05, 4.69) is 36.2 Å². The van der Waals surface area contributed by atoms with Gasteiger partial charge < -0.3 is 5.11 Å². The Kier molecular flexibility index (Phi) is 3.77. The first-order chi connectivity index (χ1) is 10.5. The zero-order valence-corrected chi connectivity index (χ0v) is 13.1. The van der Waals surface area contributed by atoms with Crippen LogP contribution in [0, 0.1) is 5.41 Å². The van der Waals surface area contributed by atoms with Gasteiger partial charge in [-0.15, -0.1) is 0 Å². The van der Waals surface area contributed by atoms with Gasteiger partial charge in [-0.05, 0) is 48.6 Å². The molecular formula is C18H22N2O2. The van der Waals surface area contributed by atoms with E-state index in [-0.39, 0.29) is 5.69 Å². The van der Waals surface area contributed by atoms with Crippen molar-refractivity contribution in [3.8, 4) is 11.3 Å². The average Bonchev–Trinajstić information content (AvgIpc) is 2.97. The third-order valence-electron chi connectivity index (χ3n) is 4.82. The van der Waals surface area contributed by atoms with Gasteiger partial charge in [-0.2, -0.15) is 5.10 Å². The van der Waals surface area contributed by atoms with Gasteiger partial charge in [-0.3, -0.25) is 5.10 Å². The summed E-state index contributed by atoms with van der Waals surface area (Å²) in [5.74, 6) is -0.440. The zero-order valence-electron chi connectivity index (χ0n) is 13.1. The van der Waals surface area contributed by atoms with Crippen LogP contribution >= 0.6 is 0 Å². The van der Waals surface area contributed by atoms with Crippen LogP contribution in [0.1, 0.15) is 61.5 Å². The van der Waals surface area contributed by atoms with Gasteiger partial charge in [0.1, 0.15) is 5.69 Å². The second-order valence-electron chi connectivity index (χ2n) is 7.00. The Bertz CT molecular complexity index is 678. The predicted molar refractivity (Wildman–Crippen MR) is 86.0 cm³/mol. The molecule has 0 atom stereocenters. The van der Waals surface area contributed by atoms with Crippen LogP contribution in [0.3, 0.4) is 0 Å². The third kappa shape index (κ3) is 2.91. The second-order valence-corrected chi connectivity index (χ2v) is 7.00. The molecule has 0 aliphatic heterocycles. The first kappa shape index (κ1) is 14.8. The van der Waals surface area contributed by atoms with Crippen LogP contribution < -0.4 is 0 Å². The Labute approximate surface area is 130 Å². The smallest absolute Gasteiger partial charge is 0.353 e.